The van der Waals surface area contributed by atoms with Crippen LogP contribution in [0.3, 0.4) is 0 Å². The molecular weight excluding hydrogens is 224 g/mol. The van der Waals surface area contributed by atoms with E-state index in [-0.39, 0.29) is 17.2 Å². The minimum absolute atomic E-state index is 0.0299. The van der Waals surface area contributed by atoms with E-state index in [4.69, 9.17) is 10.5 Å². The quantitative estimate of drug-likeness (QED) is 0.806. The van der Waals surface area contributed by atoms with Crippen molar-refractivity contribution in [3.8, 4) is 11.5 Å². The first-order valence-corrected chi connectivity index (χ1v) is 5.06. The molecule has 2 N–H and O–H groups in total. The molecule has 0 spiro atoms. The molecule has 0 atom stereocenters. The first-order valence-electron chi connectivity index (χ1n) is 5.06. The predicted octanol–water partition coefficient (Wildman–Crippen LogP) is 3.65. The third-order valence-corrected chi connectivity index (χ3v) is 2.35. The summed E-state index contributed by atoms with van der Waals surface area (Å²) >= 11 is 0. The van der Waals surface area contributed by atoms with E-state index in [1.165, 1.54) is 18.2 Å². The fourth-order valence-electron chi connectivity index (χ4n) is 1.41. The van der Waals surface area contributed by atoms with Crippen LogP contribution in [-0.2, 0) is 0 Å². The number of benzene rings is 2. The number of ether oxygens (including phenoxy) is 1. The Balaban J connectivity index is 2.38. The number of anilines is 1. The first kappa shape index (κ1) is 11.4. The molecule has 0 unspecified atom stereocenters. The van der Waals surface area contributed by atoms with Crippen molar-refractivity contribution in [2.75, 3.05) is 5.73 Å². The maximum Gasteiger partial charge on any atom is 0.168 e. The number of rotatable bonds is 2. The van der Waals surface area contributed by atoms with Crippen LogP contribution in [0.2, 0.25) is 0 Å². The second kappa shape index (κ2) is 4.41. The van der Waals surface area contributed by atoms with Crippen molar-refractivity contribution in [3.05, 3.63) is 53.6 Å². The van der Waals surface area contributed by atoms with E-state index >= 15 is 0 Å². The maximum atomic E-state index is 13.7. The predicted molar refractivity (Wildman–Crippen MR) is 62.0 cm³/mol. The minimum Gasteiger partial charge on any atom is -0.452 e. The molecule has 0 fully saturated rings. The Labute approximate surface area is 97.6 Å². The Kier molecular flexibility index (Phi) is 2.95. The molecule has 0 saturated carbocycles. The van der Waals surface area contributed by atoms with Gasteiger partial charge in [0, 0.05) is 6.07 Å². The van der Waals surface area contributed by atoms with Crippen molar-refractivity contribution in [1.82, 2.24) is 0 Å². The van der Waals surface area contributed by atoms with Gasteiger partial charge >= 0.3 is 0 Å². The van der Waals surface area contributed by atoms with E-state index in [0.29, 0.717) is 5.56 Å². The minimum atomic E-state index is -0.484. The number of hydrogen-bond acceptors (Lipinski definition) is 2. The van der Waals surface area contributed by atoms with Gasteiger partial charge in [0.25, 0.3) is 0 Å². The lowest BCUT2D eigenvalue weighted by Crippen LogP contribution is -1.95. The molecule has 0 heterocycles. The van der Waals surface area contributed by atoms with Crippen LogP contribution < -0.4 is 10.5 Å². The molecular formula is C13H11F2NO. The standard InChI is InChI=1S/C13H11F2NO/c1-8-3-2-4-11(13(8)15)17-12-7-9(14)5-6-10(12)16/h2-7H,16H2,1H3. The Hall–Kier alpha value is -2.10. The Bertz CT molecular complexity index is 555. The van der Waals surface area contributed by atoms with Gasteiger partial charge in [-0.2, -0.15) is 0 Å². The molecule has 0 aliphatic carbocycles. The average Bonchev–Trinajstić information content (AvgIpc) is 2.30. The highest BCUT2D eigenvalue weighted by molar-refractivity contribution is 5.54. The van der Waals surface area contributed by atoms with Crippen LogP contribution in [0.25, 0.3) is 0 Å². The summed E-state index contributed by atoms with van der Waals surface area (Å²) in [5, 5.41) is 0. The van der Waals surface area contributed by atoms with Gasteiger partial charge in [0.1, 0.15) is 5.82 Å². The summed E-state index contributed by atoms with van der Waals surface area (Å²) in [7, 11) is 0. The molecule has 0 amide bonds. The van der Waals surface area contributed by atoms with Crippen LogP contribution >= 0.6 is 0 Å². The fourth-order valence-corrected chi connectivity index (χ4v) is 1.41. The lowest BCUT2D eigenvalue weighted by molar-refractivity contribution is 0.438. The summed E-state index contributed by atoms with van der Waals surface area (Å²) < 4.78 is 31.9. The first-order chi connectivity index (χ1) is 8.08. The van der Waals surface area contributed by atoms with Gasteiger partial charge < -0.3 is 10.5 Å². The summed E-state index contributed by atoms with van der Waals surface area (Å²) in [6.45, 7) is 1.62. The molecule has 2 nitrogen and oxygen atoms in total. The molecule has 17 heavy (non-hydrogen) atoms. The van der Waals surface area contributed by atoms with E-state index in [0.717, 1.165) is 6.07 Å². The summed E-state index contributed by atoms with van der Waals surface area (Å²) in [6.07, 6.45) is 0. The molecule has 0 aromatic heterocycles. The smallest absolute Gasteiger partial charge is 0.168 e. The molecule has 88 valence electrons. The number of halogens is 2. The number of hydrogen-bond donors (Lipinski definition) is 1. The summed E-state index contributed by atoms with van der Waals surface area (Å²) in [5.41, 5.74) is 6.32. The second-order valence-corrected chi connectivity index (χ2v) is 3.67. The Morgan fingerprint density at radius 1 is 1.06 bits per heavy atom. The van der Waals surface area contributed by atoms with Crippen molar-refractivity contribution in [3.63, 3.8) is 0 Å². The summed E-state index contributed by atoms with van der Waals surface area (Å²) in [5.74, 6) is -0.824. The van der Waals surface area contributed by atoms with Crippen molar-refractivity contribution >= 4 is 5.69 Å². The number of nitrogen functional groups attached to an aromatic ring is 1. The van der Waals surface area contributed by atoms with E-state index in [1.54, 1.807) is 19.1 Å². The third-order valence-electron chi connectivity index (χ3n) is 2.35. The molecule has 2 rings (SSSR count). The molecule has 2 aromatic carbocycles. The zero-order chi connectivity index (χ0) is 12.4. The average molecular weight is 235 g/mol. The summed E-state index contributed by atoms with van der Waals surface area (Å²) in [6, 6.07) is 8.46. The van der Waals surface area contributed by atoms with Crippen molar-refractivity contribution < 1.29 is 13.5 Å². The van der Waals surface area contributed by atoms with Gasteiger partial charge in [-0.15, -0.1) is 0 Å². The van der Waals surface area contributed by atoms with E-state index in [2.05, 4.69) is 0 Å². The maximum absolute atomic E-state index is 13.7. The molecule has 0 saturated heterocycles. The van der Waals surface area contributed by atoms with Crippen LogP contribution in [0.1, 0.15) is 5.56 Å². The van der Waals surface area contributed by atoms with E-state index in [1.807, 2.05) is 0 Å². The van der Waals surface area contributed by atoms with Gasteiger partial charge in [-0.25, -0.2) is 8.78 Å². The normalized spacial score (nSPS) is 10.3. The van der Waals surface area contributed by atoms with E-state index < -0.39 is 11.6 Å². The van der Waals surface area contributed by atoms with Gasteiger partial charge in [-0.05, 0) is 30.7 Å². The summed E-state index contributed by atoms with van der Waals surface area (Å²) in [4.78, 5) is 0. The Morgan fingerprint density at radius 2 is 1.82 bits per heavy atom. The monoisotopic (exact) mass is 235 g/mol. The highest BCUT2D eigenvalue weighted by Gasteiger charge is 2.09. The molecule has 0 aliphatic heterocycles. The van der Waals surface area contributed by atoms with Gasteiger partial charge in [0.05, 0.1) is 5.69 Å². The van der Waals surface area contributed by atoms with Crippen LogP contribution in [0, 0.1) is 18.6 Å². The van der Waals surface area contributed by atoms with Crippen molar-refractivity contribution in [2.45, 2.75) is 6.92 Å². The van der Waals surface area contributed by atoms with Gasteiger partial charge in [-0.3, -0.25) is 0 Å². The van der Waals surface area contributed by atoms with Crippen LogP contribution in [0.15, 0.2) is 36.4 Å². The van der Waals surface area contributed by atoms with Crippen LogP contribution in [0.5, 0.6) is 11.5 Å². The molecule has 0 aliphatic rings. The van der Waals surface area contributed by atoms with Crippen LogP contribution in [-0.4, -0.2) is 0 Å². The number of nitrogens with two attached hydrogens (primary N) is 1. The second-order valence-electron chi connectivity index (χ2n) is 3.67. The van der Waals surface area contributed by atoms with Gasteiger partial charge in [0.15, 0.2) is 17.3 Å². The Morgan fingerprint density at radius 3 is 2.59 bits per heavy atom. The van der Waals surface area contributed by atoms with Gasteiger partial charge in [0.2, 0.25) is 0 Å². The van der Waals surface area contributed by atoms with E-state index in [9.17, 15) is 8.78 Å². The molecule has 2 aromatic rings. The molecule has 0 radical (unpaired) electrons. The zero-order valence-corrected chi connectivity index (χ0v) is 9.21. The highest BCUT2D eigenvalue weighted by atomic mass is 19.1. The SMILES string of the molecule is Cc1cccc(Oc2cc(F)ccc2N)c1F. The fraction of sp³-hybridized carbons (Fsp3) is 0.0769. The number of aryl methyl sites for hydroxylation is 1. The lowest BCUT2D eigenvalue weighted by atomic mass is 10.2. The topological polar surface area (TPSA) is 35.2 Å². The lowest BCUT2D eigenvalue weighted by Gasteiger charge is -2.10. The molecule has 4 heteroatoms. The zero-order valence-electron chi connectivity index (χ0n) is 9.21. The van der Waals surface area contributed by atoms with Gasteiger partial charge in [-0.1, -0.05) is 12.1 Å². The highest BCUT2D eigenvalue weighted by Crippen LogP contribution is 2.30. The largest absolute Gasteiger partial charge is 0.452 e. The van der Waals surface area contributed by atoms with Crippen molar-refractivity contribution in [1.29, 1.82) is 0 Å². The van der Waals surface area contributed by atoms with Crippen molar-refractivity contribution in [2.24, 2.45) is 0 Å². The molecule has 0 bridgehead atoms. The third kappa shape index (κ3) is 2.36. The van der Waals surface area contributed by atoms with Crippen LogP contribution in [0.4, 0.5) is 14.5 Å².